The van der Waals surface area contributed by atoms with Gasteiger partial charge < -0.3 is 29.0 Å². The average Bonchev–Trinajstić information content (AvgIpc) is 3.50. The molecule has 9 heteroatoms. The normalized spacial score (nSPS) is 15.6. The SMILES string of the molecule is COCCN(CCC(=O)NC[C@H]1CCCO1)C(=O)c1cc(-c2cccc(OC)c2)on1. The van der Waals surface area contributed by atoms with Gasteiger partial charge in [0.15, 0.2) is 11.5 Å². The molecule has 0 spiro atoms. The Morgan fingerprint density at radius 1 is 1.26 bits per heavy atom. The topological polar surface area (TPSA) is 103 Å². The molecular formula is C22H29N3O6. The van der Waals surface area contributed by atoms with Crippen molar-refractivity contribution in [2.75, 3.05) is 47.1 Å². The summed E-state index contributed by atoms with van der Waals surface area (Å²) in [6.07, 6.45) is 2.25. The van der Waals surface area contributed by atoms with Crippen LogP contribution in [-0.4, -0.2) is 75.0 Å². The van der Waals surface area contributed by atoms with E-state index < -0.39 is 0 Å². The molecule has 3 rings (SSSR count). The summed E-state index contributed by atoms with van der Waals surface area (Å²) in [5.74, 6) is 0.700. The maximum Gasteiger partial charge on any atom is 0.276 e. The predicted molar refractivity (Wildman–Crippen MR) is 113 cm³/mol. The lowest BCUT2D eigenvalue weighted by Crippen LogP contribution is -2.38. The van der Waals surface area contributed by atoms with Crippen LogP contribution >= 0.6 is 0 Å². The van der Waals surface area contributed by atoms with Crippen LogP contribution in [0.3, 0.4) is 0 Å². The maximum absolute atomic E-state index is 13.0. The van der Waals surface area contributed by atoms with Crippen LogP contribution in [0, 0.1) is 0 Å². The minimum atomic E-state index is -0.318. The summed E-state index contributed by atoms with van der Waals surface area (Å²) in [4.78, 5) is 26.7. The van der Waals surface area contributed by atoms with Gasteiger partial charge in [0.1, 0.15) is 5.75 Å². The minimum absolute atomic E-state index is 0.0836. The molecule has 1 saturated heterocycles. The van der Waals surface area contributed by atoms with Gasteiger partial charge in [-0.3, -0.25) is 9.59 Å². The molecule has 168 valence electrons. The average molecular weight is 431 g/mol. The zero-order valence-electron chi connectivity index (χ0n) is 18.0. The van der Waals surface area contributed by atoms with Gasteiger partial charge in [-0.25, -0.2) is 0 Å². The second kappa shape index (κ2) is 11.5. The van der Waals surface area contributed by atoms with Crippen molar-refractivity contribution in [2.45, 2.75) is 25.4 Å². The molecular weight excluding hydrogens is 402 g/mol. The highest BCUT2D eigenvalue weighted by atomic mass is 16.5. The third-order valence-electron chi connectivity index (χ3n) is 5.10. The van der Waals surface area contributed by atoms with Crippen molar-refractivity contribution in [2.24, 2.45) is 0 Å². The molecule has 0 radical (unpaired) electrons. The van der Waals surface area contributed by atoms with Gasteiger partial charge in [0.2, 0.25) is 5.91 Å². The van der Waals surface area contributed by atoms with E-state index in [0.29, 0.717) is 31.2 Å². The summed E-state index contributed by atoms with van der Waals surface area (Å²) in [6.45, 7) is 2.19. The third kappa shape index (κ3) is 6.53. The van der Waals surface area contributed by atoms with Gasteiger partial charge in [-0.1, -0.05) is 17.3 Å². The molecule has 1 fully saturated rings. The highest BCUT2D eigenvalue weighted by molar-refractivity contribution is 5.93. The number of hydrogen-bond acceptors (Lipinski definition) is 7. The van der Waals surface area contributed by atoms with Gasteiger partial charge in [-0.05, 0) is 25.0 Å². The van der Waals surface area contributed by atoms with E-state index in [2.05, 4.69) is 10.5 Å². The summed E-state index contributed by atoms with van der Waals surface area (Å²) in [5, 5.41) is 6.80. The monoisotopic (exact) mass is 431 g/mol. The van der Waals surface area contributed by atoms with Gasteiger partial charge in [0.25, 0.3) is 5.91 Å². The zero-order chi connectivity index (χ0) is 22.1. The molecule has 1 aromatic carbocycles. The highest BCUT2D eigenvalue weighted by Crippen LogP contribution is 2.24. The number of methoxy groups -OCH3 is 2. The number of hydrogen-bond donors (Lipinski definition) is 1. The van der Waals surface area contributed by atoms with E-state index in [9.17, 15) is 9.59 Å². The fourth-order valence-electron chi connectivity index (χ4n) is 3.32. The van der Waals surface area contributed by atoms with Crippen LogP contribution < -0.4 is 10.1 Å². The maximum atomic E-state index is 13.0. The zero-order valence-corrected chi connectivity index (χ0v) is 18.0. The second-order valence-electron chi connectivity index (χ2n) is 7.28. The first-order valence-electron chi connectivity index (χ1n) is 10.4. The molecule has 1 aliphatic heterocycles. The first kappa shape index (κ1) is 22.8. The van der Waals surface area contributed by atoms with Crippen molar-refractivity contribution in [1.29, 1.82) is 0 Å². The molecule has 9 nitrogen and oxygen atoms in total. The van der Waals surface area contributed by atoms with E-state index in [1.807, 2.05) is 18.2 Å². The first-order valence-corrected chi connectivity index (χ1v) is 10.4. The Kier molecular flexibility index (Phi) is 8.43. The summed E-state index contributed by atoms with van der Waals surface area (Å²) in [6, 6.07) is 8.89. The molecule has 0 saturated carbocycles. The van der Waals surface area contributed by atoms with Crippen molar-refractivity contribution in [3.8, 4) is 17.1 Å². The molecule has 2 amide bonds. The minimum Gasteiger partial charge on any atom is -0.497 e. The lowest BCUT2D eigenvalue weighted by molar-refractivity contribution is -0.121. The number of benzene rings is 1. The number of amides is 2. The molecule has 2 aromatic rings. The Balaban J connectivity index is 1.59. The molecule has 1 aromatic heterocycles. The van der Waals surface area contributed by atoms with Gasteiger partial charge >= 0.3 is 0 Å². The van der Waals surface area contributed by atoms with Crippen molar-refractivity contribution >= 4 is 11.8 Å². The van der Waals surface area contributed by atoms with E-state index in [1.54, 1.807) is 31.3 Å². The van der Waals surface area contributed by atoms with Gasteiger partial charge in [-0.15, -0.1) is 0 Å². The Bertz CT molecular complexity index is 862. The van der Waals surface area contributed by atoms with Crippen LogP contribution in [0.25, 0.3) is 11.3 Å². The summed E-state index contributed by atoms with van der Waals surface area (Å²) in [7, 11) is 3.15. The van der Waals surface area contributed by atoms with E-state index >= 15 is 0 Å². The number of nitrogens with zero attached hydrogens (tertiary/aromatic N) is 2. The molecule has 0 aliphatic carbocycles. The number of nitrogens with one attached hydrogen (secondary N) is 1. The first-order chi connectivity index (χ1) is 15.1. The Morgan fingerprint density at radius 3 is 2.87 bits per heavy atom. The van der Waals surface area contributed by atoms with Crippen LogP contribution in [0.4, 0.5) is 0 Å². The quantitative estimate of drug-likeness (QED) is 0.581. The van der Waals surface area contributed by atoms with Crippen LogP contribution in [-0.2, 0) is 14.3 Å². The fraction of sp³-hybridized carbons (Fsp3) is 0.500. The van der Waals surface area contributed by atoms with Crippen LogP contribution in [0.2, 0.25) is 0 Å². The molecule has 0 bridgehead atoms. The lowest BCUT2D eigenvalue weighted by Gasteiger charge is -2.21. The fourth-order valence-corrected chi connectivity index (χ4v) is 3.32. The summed E-state index contributed by atoms with van der Waals surface area (Å²) >= 11 is 0. The van der Waals surface area contributed by atoms with Crippen molar-refractivity contribution in [1.82, 2.24) is 15.4 Å². The van der Waals surface area contributed by atoms with Gasteiger partial charge in [-0.2, -0.15) is 0 Å². The van der Waals surface area contributed by atoms with Crippen LogP contribution in [0.5, 0.6) is 5.75 Å². The largest absolute Gasteiger partial charge is 0.497 e. The van der Waals surface area contributed by atoms with Gasteiger partial charge in [0.05, 0.1) is 19.8 Å². The molecule has 1 aliphatic rings. The van der Waals surface area contributed by atoms with E-state index in [4.69, 9.17) is 18.7 Å². The van der Waals surface area contributed by atoms with Crippen molar-refractivity contribution in [3.05, 3.63) is 36.0 Å². The number of aromatic nitrogens is 1. The standard InChI is InChI=1S/C22H29N3O6/c1-28-12-10-25(9-8-21(26)23-15-18-7-4-11-30-18)22(27)19-14-20(31-24-19)16-5-3-6-17(13-16)29-2/h3,5-6,13-14,18H,4,7-12,15H2,1-2H3,(H,23,26)/t18-/m1/s1. The van der Waals surface area contributed by atoms with Crippen LogP contribution in [0.15, 0.2) is 34.9 Å². The molecule has 2 heterocycles. The van der Waals surface area contributed by atoms with Crippen LogP contribution in [0.1, 0.15) is 29.8 Å². The number of carbonyl (C=O) groups is 2. The predicted octanol–water partition coefficient (Wildman–Crippen LogP) is 2.12. The summed E-state index contributed by atoms with van der Waals surface area (Å²) in [5.41, 5.74) is 0.927. The molecule has 1 N–H and O–H groups in total. The Hall–Kier alpha value is -2.91. The van der Waals surface area contributed by atoms with Gasteiger partial charge in [0, 0.05) is 51.4 Å². The number of carbonyl (C=O) groups excluding carboxylic acids is 2. The smallest absolute Gasteiger partial charge is 0.276 e. The van der Waals surface area contributed by atoms with Crippen molar-refractivity contribution < 1.29 is 28.3 Å². The second-order valence-corrected chi connectivity index (χ2v) is 7.28. The van der Waals surface area contributed by atoms with Crippen molar-refractivity contribution in [3.63, 3.8) is 0 Å². The van der Waals surface area contributed by atoms with E-state index in [-0.39, 0.29) is 36.6 Å². The highest BCUT2D eigenvalue weighted by Gasteiger charge is 2.22. The third-order valence-corrected chi connectivity index (χ3v) is 5.10. The Morgan fingerprint density at radius 2 is 2.13 bits per heavy atom. The molecule has 0 unspecified atom stereocenters. The summed E-state index contributed by atoms with van der Waals surface area (Å²) < 4.78 is 21.2. The number of ether oxygens (including phenoxy) is 3. The van der Waals surface area contributed by atoms with E-state index in [0.717, 1.165) is 25.0 Å². The lowest BCUT2D eigenvalue weighted by atomic mass is 10.1. The molecule has 1 atom stereocenters. The number of rotatable bonds is 11. The molecule has 31 heavy (non-hydrogen) atoms. The Labute approximate surface area is 181 Å². The van der Waals surface area contributed by atoms with E-state index in [1.165, 1.54) is 0 Å².